The van der Waals surface area contributed by atoms with Crippen LogP contribution in [0.3, 0.4) is 0 Å². The van der Waals surface area contributed by atoms with Gasteiger partial charge in [0.1, 0.15) is 0 Å². The molecular formula is C14H20N4O. The molecule has 19 heavy (non-hydrogen) atoms. The Morgan fingerprint density at radius 3 is 2.89 bits per heavy atom. The summed E-state index contributed by atoms with van der Waals surface area (Å²) in [7, 11) is 0. The van der Waals surface area contributed by atoms with Crippen LogP contribution in [0, 0.1) is 5.92 Å². The quantitative estimate of drug-likeness (QED) is 0.891. The van der Waals surface area contributed by atoms with E-state index in [-0.39, 0.29) is 11.8 Å². The molecule has 1 saturated heterocycles. The molecule has 5 heteroatoms. The van der Waals surface area contributed by atoms with Gasteiger partial charge in [-0.15, -0.1) is 5.10 Å². The number of amides is 1. The van der Waals surface area contributed by atoms with Gasteiger partial charge < -0.3 is 10.2 Å². The molecule has 1 unspecified atom stereocenters. The number of aromatic nitrogens is 2. The molecule has 0 aromatic carbocycles. The Morgan fingerprint density at radius 1 is 1.32 bits per heavy atom. The summed E-state index contributed by atoms with van der Waals surface area (Å²) >= 11 is 0. The third-order valence-electron chi connectivity index (χ3n) is 4.13. The number of carbonyl (C=O) groups excluding carboxylic acids is 1. The predicted molar refractivity (Wildman–Crippen MR) is 72.8 cm³/mol. The average molecular weight is 260 g/mol. The van der Waals surface area contributed by atoms with Crippen LogP contribution in [0.1, 0.15) is 32.1 Å². The van der Waals surface area contributed by atoms with Crippen molar-refractivity contribution in [3.05, 3.63) is 18.3 Å². The summed E-state index contributed by atoms with van der Waals surface area (Å²) in [6, 6.07) is 4.28. The van der Waals surface area contributed by atoms with Crippen LogP contribution in [0.4, 0.5) is 5.82 Å². The normalized spacial score (nSPS) is 23.8. The summed E-state index contributed by atoms with van der Waals surface area (Å²) < 4.78 is 0. The number of rotatable bonds is 3. The lowest BCUT2D eigenvalue weighted by atomic mass is 9.91. The summed E-state index contributed by atoms with van der Waals surface area (Å²) in [5.74, 6) is 1.19. The Bertz CT molecular complexity index is 432. The van der Waals surface area contributed by atoms with Gasteiger partial charge in [-0.1, -0.05) is 0 Å². The molecule has 3 rings (SSSR count). The molecule has 1 aliphatic heterocycles. The molecule has 102 valence electrons. The van der Waals surface area contributed by atoms with Crippen LogP contribution in [0.2, 0.25) is 0 Å². The van der Waals surface area contributed by atoms with Gasteiger partial charge in [-0.05, 0) is 44.2 Å². The van der Waals surface area contributed by atoms with E-state index >= 15 is 0 Å². The molecule has 1 saturated carbocycles. The van der Waals surface area contributed by atoms with E-state index in [0.717, 1.165) is 44.6 Å². The van der Waals surface area contributed by atoms with Crippen LogP contribution < -0.4 is 10.2 Å². The summed E-state index contributed by atoms with van der Waals surface area (Å²) in [6.07, 6.45) is 7.24. The zero-order valence-corrected chi connectivity index (χ0v) is 11.1. The van der Waals surface area contributed by atoms with Crippen molar-refractivity contribution in [2.24, 2.45) is 5.92 Å². The molecule has 1 amide bonds. The van der Waals surface area contributed by atoms with Gasteiger partial charge >= 0.3 is 0 Å². The van der Waals surface area contributed by atoms with Crippen molar-refractivity contribution in [3.8, 4) is 0 Å². The van der Waals surface area contributed by atoms with Gasteiger partial charge in [-0.25, -0.2) is 0 Å². The van der Waals surface area contributed by atoms with Gasteiger partial charge in [0, 0.05) is 25.3 Å². The van der Waals surface area contributed by atoms with Crippen molar-refractivity contribution < 1.29 is 4.79 Å². The molecule has 1 aromatic rings. The van der Waals surface area contributed by atoms with E-state index in [9.17, 15) is 4.79 Å². The lowest BCUT2D eigenvalue weighted by molar-refractivity contribution is -0.126. The van der Waals surface area contributed by atoms with Gasteiger partial charge in [-0.2, -0.15) is 5.10 Å². The smallest absolute Gasteiger partial charge is 0.225 e. The molecule has 1 N–H and O–H groups in total. The van der Waals surface area contributed by atoms with E-state index in [1.165, 1.54) is 6.42 Å². The second-order valence-electron chi connectivity index (χ2n) is 5.50. The highest BCUT2D eigenvalue weighted by atomic mass is 16.2. The van der Waals surface area contributed by atoms with Crippen LogP contribution in [-0.2, 0) is 4.79 Å². The molecule has 0 radical (unpaired) electrons. The van der Waals surface area contributed by atoms with E-state index in [1.54, 1.807) is 6.20 Å². The van der Waals surface area contributed by atoms with E-state index in [0.29, 0.717) is 6.04 Å². The largest absolute Gasteiger partial charge is 0.354 e. The number of nitrogens with zero attached hydrogens (tertiary/aromatic N) is 3. The zero-order valence-electron chi connectivity index (χ0n) is 11.1. The molecule has 2 heterocycles. The van der Waals surface area contributed by atoms with Gasteiger partial charge in [0.05, 0.1) is 5.92 Å². The van der Waals surface area contributed by atoms with E-state index in [2.05, 4.69) is 20.4 Å². The number of hydrogen-bond donors (Lipinski definition) is 1. The van der Waals surface area contributed by atoms with Gasteiger partial charge in [0.2, 0.25) is 5.91 Å². The Hall–Kier alpha value is -1.65. The first kappa shape index (κ1) is 12.4. The lowest BCUT2D eigenvalue weighted by Crippen LogP contribution is -2.48. The molecule has 2 aliphatic rings. The lowest BCUT2D eigenvalue weighted by Gasteiger charge is -2.34. The van der Waals surface area contributed by atoms with Gasteiger partial charge in [-0.3, -0.25) is 4.79 Å². The van der Waals surface area contributed by atoms with Crippen LogP contribution >= 0.6 is 0 Å². The third kappa shape index (κ3) is 2.85. The summed E-state index contributed by atoms with van der Waals surface area (Å²) in [4.78, 5) is 14.4. The Labute approximate surface area is 113 Å². The monoisotopic (exact) mass is 260 g/mol. The highest BCUT2D eigenvalue weighted by molar-refractivity contribution is 5.80. The van der Waals surface area contributed by atoms with Gasteiger partial charge in [0.15, 0.2) is 5.82 Å². The Kier molecular flexibility index (Phi) is 3.62. The van der Waals surface area contributed by atoms with Crippen LogP contribution in [0.25, 0.3) is 0 Å². The topological polar surface area (TPSA) is 58.1 Å². The molecule has 0 bridgehead atoms. The third-order valence-corrected chi connectivity index (χ3v) is 4.13. The number of anilines is 1. The summed E-state index contributed by atoms with van der Waals surface area (Å²) in [5, 5.41) is 11.2. The SMILES string of the molecule is O=C(NC1CCC1)C1CCCN(c2cccnn2)C1. The fourth-order valence-electron chi connectivity index (χ4n) is 2.73. The number of nitrogens with one attached hydrogen (secondary N) is 1. The van der Waals surface area contributed by atoms with Gasteiger partial charge in [0.25, 0.3) is 0 Å². The maximum Gasteiger partial charge on any atom is 0.225 e. The van der Waals surface area contributed by atoms with Crippen molar-refractivity contribution in [2.45, 2.75) is 38.1 Å². The van der Waals surface area contributed by atoms with E-state index < -0.39 is 0 Å². The van der Waals surface area contributed by atoms with Crippen molar-refractivity contribution in [2.75, 3.05) is 18.0 Å². The fraction of sp³-hybridized carbons (Fsp3) is 0.643. The first-order chi connectivity index (χ1) is 9.33. The van der Waals surface area contributed by atoms with Crippen molar-refractivity contribution in [1.29, 1.82) is 0 Å². The van der Waals surface area contributed by atoms with Crippen molar-refractivity contribution in [1.82, 2.24) is 15.5 Å². The Morgan fingerprint density at radius 2 is 2.21 bits per heavy atom. The first-order valence-electron chi connectivity index (χ1n) is 7.16. The molecule has 1 aromatic heterocycles. The minimum absolute atomic E-state index is 0.0938. The maximum absolute atomic E-state index is 12.2. The van der Waals surface area contributed by atoms with E-state index in [4.69, 9.17) is 0 Å². The second-order valence-corrected chi connectivity index (χ2v) is 5.50. The van der Waals surface area contributed by atoms with Crippen molar-refractivity contribution in [3.63, 3.8) is 0 Å². The molecule has 0 spiro atoms. The summed E-state index contributed by atoms with van der Waals surface area (Å²) in [5.41, 5.74) is 0. The predicted octanol–water partition coefficient (Wildman–Crippen LogP) is 1.36. The minimum Gasteiger partial charge on any atom is -0.354 e. The minimum atomic E-state index is 0.0938. The molecule has 5 nitrogen and oxygen atoms in total. The number of hydrogen-bond acceptors (Lipinski definition) is 4. The highest BCUT2D eigenvalue weighted by Gasteiger charge is 2.29. The average Bonchev–Trinajstić information content (AvgIpc) is 2.44. The molecule has 2 fully saturated rings. The molecule has 1 aliphatic carbocycles. The molecular weight excluding hydrogens is 240 g/mol. The first-order valence-corrected chi connectivity index (χ1v) is 7.16. The van der Waals surface area contributed by atoms with E-state index in [1.807, 2.05) is 12.1 Å². The van der Waals surface area contributed by atoms with Crippen LogP contribution in [-0.4, -0.2) is 35.2 Å². The second kappa shape index (κ2) is 5.55. The van der Waals surface area contributed by atoms with Crippen molar-refractivity contribution >= 4 is 11.7 Å². The zero-order chi connectivity index (χ0) is 13.1. The molecule has 1 atom stereocenters. The fourth-order valence-corrected chi connectivity index (χ4v) is 2.73. The van der Waals surface area contributed by atoms with Crippen LogP contribution in [0.15, 0.2) is 18.3 Å². The standard InChI is InChI=1S/C14H20N4O/c19-14(16-12-5-1-6-12)11-4-3-9-18(10-11)13-7-2-8-15-17-13/h2,7-8,11-12H,1,3-6,9-10H2,(H,16,19). The van der Waals surface area contributed by atoms with Crippen LogP contribution in [0.5, 0.6) is 0 Å². The summed E-state index contributed by atoms with van der Waals surface area (Å²) in [6.45, 7) is 1.73. The Balaban J connectivity index is 1.59. The number of piperidine rings is 1. The highest BCUT2D eigenvalue weighted by Crippen LogP contribution is 2.23. The number of carbonyl (C=O) groups is 1. The maximum atomic E-state index is 12.2.